The van der Waals surface area contributed by atoms with Crippen molar-refractivity contribution in [2.24, 2.45) is 5.73 Å². The van der Waals surface area contributed by atoms with Crippen LogP contribution in [0, 0.1) is 10.1 Å². The van der Waals surface area contributed by atoms with Crippen molar-refractivity contribution >= 4 is 11.7 Å². The van der Waals surface area contributed by atoms with Gasteiger partial charge in [0.05, 0.1) is 4.92 Å². The highest BCUT2D eigenvalue weighted by molar-refractivity contribution is 5.72. The molecular formula is C11H14N2O4. The van der Waals surface area contributed by atoms with Crippen LogP contribution < -0.4 is 5.73 Å². The van der Waals surface area contributed by atoms with Crippen LogP contribution in [0.1, 0.15) is 18.4 Å². The quantitative estimate of drug-likeness (QED) is 0.574. The highest BCUT2D eigenvalue weighted by Crippen LogP contribution is 2.15. The molecule has 0 radical (unpaired) electrons. The fourth-order valence-electron chi connectivity index (χ4n) is 1.48. The van der Waals surface area contributed by atoms with Gasteiger partial charge in [-0.15, -0.1) is 0 Å². The largest absolute Gasteiger partial charge is 0.480 e. The minimum atomic E-state index is -1.02. The molecule has 1 aromatic carbocycles. The number of carboxylic acid groups (broad SMARTS) is 1. The van der Waals surface area contributed by atoms with Gasteiger partial charge in [-0.3, -0.25) is 14.9 Å². The molecule has 3 N–H and O–H groups in total. The summed E-state index contributed by atoms with van der Waals surface area (Å²) in [4.78, 5) is 20.6. The monoisotopic (exact) mass is 238 g/mol. The molecular weight excluding hydrogens is 224 g/mol. The molecule has 0 amide bonds. The van der Waals surface area contributed by atoms with Crippen LogP contribution in [0.5, 0.6) is 0 Å². The second kappa shape index (κ2) is 5.95. The predicted octanol–water partition coefficient (Wildman–Crippen LogP) is 1.33. The molecule has 0 saturated heterocycles. The Morgan fingerprint density at radius 3 is 2.82 bits per heavy atom. The van der Waals surface area contributed by atoms with Crippen molar-refractivity contribution < 1.29 is 14.8 Å². The van der Waals surface area contributed by atoms with Gasteiger partial charge in [0.2, 0.25) is 0 Å². The molecule has 1 atom stereocenters. The molecule has 1 aromatic rings. The maximum absolute atomic E-state index is 10.5. The molecule has 6 heteroatoms. The number of nitrogens with zero attached hydrogens (tertiary/aromatic N) is 1. The summed E-state index contributed by atoms with van der Waals surface area (Å²) in [6.07, 6.45) is 1.54. The van der Waals surface area contributed by atoms with E-state index in [1.165, 1.54) is 12.1 Å². The Labute approximate surface area is 98.2 Å². The Bertz CT molecular complexity index is 420. The van der Waals surface area contributed by atoms with Crippen molar-refractivity contribution in [2.45, 2.75) is 25.3 Å². The van der Waals surface area contributed by atoms with E-state index in [0.29, 0.717) is 19.3 Å². The van der Waals surface area contributed by atoms with E-state index in [1.807, 2.05) is 0 Å². The third-order valence-corrected chi connectivity index (χ3v) is 2.42. The lowest BCUT2D eigenvalue weighted by Crippen LogP contribution is -2.29. The van der Waals surface area contributed by atoms with Crippen molar-refractivity contribution in [2.75, 3.05) is 0 Å². The highest BCUT2D eigenvalue weighted by Gasteiger charge is 2.11. The van der Waals surface area contributed by atoms with Crippen LogP contribution in [-0.4, -0.2) is 22.0 Å². The fourth-order valence-corrected chi connectivity index (χ4v) is 1.48. The summed E-state index contributed by atoms with van der Waals surface area (Å²) in [5.41, 5.74) is 6.21. The standard InChI is InChI=1S/C11H14N2O4/c12-10(11(14)15)6-2-4-8-3-1-5-9(7-8)13(16)17/h1,3,5,7,10H,2,4,6,12H2,(H,14,15). The summed E-state index contributed by atoms with van der Waals surface area (Å²) in [5.74, 6) is -1.02. The van der Waals surface area contributed by atoms with E-state index in [0.717, 1.165) is 5.56 Å². The molecule has 1 unspecified atom stereocenters. The van der Waals surface area contributed by atoms with Crippen molar-refractivity contribution in [1.29, 1.82) is 0 Å². The van der Waals surface area contributed by atoms with Gasteiger partial charge in [0, 0.05) is 12.1 Å². The lowest BCUT2D eigenvalue weighted by Gasteiger charge is -2.05. The molecule has 92 valence electrons. The lowest BCUT2D eigenvalue weighted by molar-refractivity contribution is -0.384. The van der Waals surface area contributed by atoms with Gasteiger partial charge in [-0.05, 0) is 24.8 Å². The second-order valence-corrected chi connectivity index (χ2v) is 3.76. The van der Waals surface area contributed by atoms with Gasteiger partial charge >= 0.3 is 5.97 Å². The summed E-state index contributed by atoms with van der Waals surface area (Å²) in [6, 6.07) is 5.44. The van der Waals surface area contributed by atoms with E-state index in [4.69, 9.17) is 10.8 Å². The molecule has 1 rings (SSSR count). The summed E-state index contributed by atoms with van der Waals surface area (Å²) in [7, 11) is 0. The number of aryl methyl sites for hydroxylation is 1. The lowest BCUT2D eigenvalue weighted by atomic mass is 10.0. The number of non-ortho nitro benzene ring substituents is 1. The third-order valence-electron chi connectivity index (χ3n) is 2.42. The average Bonchev–Trinajstić information content (AvgIpc) is 2.29. The van der Waals surface area contributed by atoms with Gasteiger partial charge in [0.15, 0.2) is 0 Å². The van der Waals surface area contributed by atoms with Gasteiger partial charge < -0.3 is 10.8 Å². The van der Waals surface area contributed by atoms with Crippen LogP contribution >= 0.6 is 0 Å². The van der Waals surface area contributed by atoms with Gasteiger partial charge in [-0.1, -0.05) is 12.1 Å². The summed E-state index contributed by atoms with van der Waals surface area (Å²) >= 11 is 0. The number of rotatable bonds is 6. The van der Waals surface area contributed by atoms with E-state index < -0.39 is 16.9 Å². The molecule has 17 heavy (non-hydrogen) atoms. The zero-order valence-electron chi connectivity index (χ0n) is 9.20. The topological polar surface area (TPSA) is 106 Å². The third kappa shape index (κ3) is 4.20. The first-order valence-corrected chi connectivity index (χ1v) is 5.22. The molecule has 0 aliphatic carbocycles. The Morgan fingerprint density at radius 1 is 1.53 bits per heavy atom. The van der Waals surface area contributed by atoms with Gasteiger partial charge in [0.25, 0.3) is 5.69 Å². The Balaban J connectivity index is 2.49. The molecule has 0 fully saturated rings. The average molecular weight is 238 g/mol. The number of hydrogen-bond acceptors (Lipinski definition) is 4. The minimum absolute atomic E-state index is 0.0463. The molecule has 0 aliphatic rings. The normalized spacial score (nSPS) is 12.1. The van der Waals surface area contributed by atoms with Crippen LogP contribution in [0.25, 0.3) is 0 Å². The van der Waals surface area contributed by atoms with Gasteiger partial charge in [0.1, 0.15) is 6.04 Å². The maximum atomic E-state index is 10.5. The number of nitrogens with two attached hydrogens (primary N) is 1. The smallest absolute Gasteiger partial charge is 0.320 e. The van der Waals surface area contributed by atoms with Crippen molar-refractivity contribution in [3.8, 4) is 0 Å². The van der Waals surface area contributed by atoms with E-state index in [9.17, 15) is 14.9 Å². The van der Waals surface area contributed by atoms with E-state index in [-0.39, 0.29) is 5.69 Å². The molecule has 0 saturated carbocycles. The maximum Gasteiger partial charge on any atom is 0.320 e. The number of carboxylic acids is 1. The Morgan fingerprint density at radius 2 is 2.24 bits per heavy atom. The molecule has 0 aromatic heterocycles. The predicted molar refractivity (Wildman–Crippen MR) is 61.6 cm³/mol. The van der Waals surface area contributed by atoms with E-state index in [2.05, 4.69) is 0 Å². The highest BCUT2D eigenvalue weighted by atomic mass is 16.6. The van der Waals surface area contributed by atoms with Crippen LogP contribution in [0.15, 0.2) is 24.3 Å². The minimum Gasteiger partial charge on any atom is -0.480 e. The number of carbonyl (C=O) groups is 1. The van der Waals surface area contributed by atoms with E-state index in [1.54, 1.807) is 12.1 Å². The first-order chi connectivity index (χ1) is 8.00. The van der Waals surface area contributed by atoms with E-state index >= 15 is 0 Å². The van der Waals surface area contributed by atoms with Crippen molar-refractivity contribution in [3.05, 3.63) is 39.9 Å². The zero-order valence-corrected chi connectivity index (χ0v) is 9.20. The first kappa shape index (κ1) is 13.1. The van der Waals surface area contributed by atoms with Gasteiger partial charge in [-0.2, -0.15) is 0 Å². The zero-order chi connectivity index (χ0) is 12.8. The van der Waals surface area contributed by atoms with Crippen molar-refractivity contribution in [3.63, 3.8) is 0 Å². The van der Waals surface area contributed by atoms with Crippen LogP contribution in [0.3, 0.4) is 0 Å². The molecule has 0 aliphatic heterocycles. The van der Waals surface area contributed by atoms with Gasteiger partial charge in [-0.25, -0.2) is 0 Å². The SMILES string of the molecule is NC(CCCc1cccc([N+](=O)[O-])c1)C(=O)O. The fraction of sp³-hybridized carbons (Fsp3) is 0.364. The van der Waals surface area contributed by atoms with Crippen LogP contribution in [0.2, 0.25) is 0 Å². The van der Waals surface area contributed by atoms with Crippen LogP contribution in [-0.2, 0) is 11.2 Å². The second-order valence-electron chi connectivity index (χ2n) is 3.76. The molecule has 6 nitrogen and oxygen atoms in total. The number of nitro groups is 1. The molecule has 0 spiro atoms. The summed E-state index contributed by atoms with van der Waals surface area (Å²) < 4.78 is 0. The number of benzene rings is 1. The first-order valence-electron chi connectivity index (χ1n) is 5.22. The number of nitro benzene ring substituents is 1. The number of aliphatic carboxylic acids is 1. The summed E-state index contributed by atoms with van der Waals surface area (Å²) in [5, 5.41) is 19.1. The molecule has 0 heterocycles. The van der Waals surface area contributed by atoms with Crippen LogP contribution in [0.4, 0.5) is 5.69 Å². The Kier molecular flexibility index (Phi) is 4.59. The Hall–Kier alpha value is -1.95. The molecule has 0 bridgehead atoms. The van der Waals surface area contributed by atoms with Crippen molar-refractivity contribution in [1.82, 2.24) is 0 Å². The summed E-state index contributed by atoms with van der Waals surface area (Å²) in [6.45, 7) is 0. The number of hydrogen-bond donors (Lipinski definition) is 2.